The Morgan fingerprint density at radius 1 is 1.11 bits per heavy atom. The lowest BCUT2D eigenvalue weighted by Crippen LogP contribution is -2.64. The van der Waals surface area contributed by atoms with Gasteiger partial charge < -0.3 is 19.7 Å². The van der Waals surface area contributed by atoms with Crippen LogP contribution < -0.4 is 5.32 Å². The van der Waals surface area contributed by atoms with Gasteiger partial charge in [-0.2, -0.15) is 0 Å². The molecule has 1 aliphatic heterocycles. The van der Waals surface area contributed by atoms with Crippen LogP contribution in [0.15, 0.2) is 60.9 Å². The Hall–Kier alpha value is -3.94. The van der Waals surface area contributed by atoms with Crippen LogP contribution in [-0.2, 0) is 24.4 Å². The van der Waals surface area contributed by atoms with Gasteiger partial charge >= 0.3 is 0 Å². The van der Waals surface area contributed by atoms with E-state index in [1.807, 2.05) is 61.5 Å². The lowest BCUT2D eigenvalue weighted by Gasteiger charge is -2.44. The van der Waals surface area contributed by atoms with Crippen LogP contribution >= 0.6 is 0 Å². The van der Waals surface area contributed by atoms with Crippen molar-refractivity contribution < 1.29 is 14.4 Å². The van der Waals surface area contributed by atoms with E-state index in [2.05, 4.69) is 10.3 Å². The van der Waals surface area contributed by atoms with E-state index in [-0.39, 0.29) is 41.7 Å². The van der Waals surface area contributed by atoms with E-state index in [0.29, 0.717) is 13.1 Å². The Morgan fingerprint density at radius 2 is 1.83 bits per heavy atom. The number of imidazole rings is 1. The van der Waals surface area contributed by atoms with E-state index < -0.39 is 5.54 Å². The molecule has 1 N–H and O–H groups in total. The Labute approximate surface area is 210 Å². The van der Waals surface area contributed by atoms with Gasteiger partial charge in [0.05, 0.1) is 12.9 Å². The Balaban J connectivity index is 1.39. The number of hydrogen-bond acceptors (Lipinski definition) is 4. The molecule has 2 heterocycles. The Morgan fingerprint density at radius 3 is 2.53 bits per heavy atom. The second kappa shape index (κ2) is 9.26. The molecule has 1 fully saturated rings. The highest BCUT2D eigenvalue weighted by atomic mass is 16.2. The summed E-state index contributed by atoms with van der Waals surface area (Å²) in [5.41, 5.74) is 2.43. The van der Waals surface area contributed by atoms with Gasteiger partial charge in [0.15, 0.2) is 5.69 Å². The lowest BCUT2D eigenvalue weighted by molar-refractivity contribution is -0.133. The molecule has 3 amide bonds. The predicted octanol–water partition coefficient (Wildman–Crippen LogP) is 3.16. The molecule has 0 spiro atoms. The first-order valence-electron chi connectivity index (χ1n) is 12.3. The first kappa shape index (κ1) is 23.8. The molecule has 1 saturated carbocycles. The fourth-order valence-corrected chi connectivity index (χ4v) is 5.02. The molecule has 0 radical (unpaired) electrons. The molecule has 1 aliphatic carbocycles. The first-order valence-corrected chi connectivity index (χ1v) is 12.3. The average molecular weight is 486 g/mol. The van der Waals surface area contributed by atoms with Gasteiger partial charge in [0, 0.05) is 26.2 Å². The SMILES string of the molecule is Cc1cccc(CNC(=O)[C@]2(C)Cn3cnc(C(=O)N(C)Cc4ccccc4)c3C(=O)N2C2CC2)c1. The molecule has 5 rings (SSSR count). The maximum Gasteiger partial charge on any atom is 0.274 e. The standard InChI is InChI=1S/C28H31N5O3/c1-19-8-7-11-21(14-19)15-29-27(36)28(2)17-32-18-30-23(24(32)26(35)33(28)22-12-13-22)25(34)31(3)16-20-9-5-4-6-10-20/h4-11,14,18,22H,12-13,15-17H2,1-3H3,(H,29,36)/t28-/m0/s1. The predicted molar refractivity (Wildman–Crippen MR) is 135 cm³/mol. The smallest absolute Gasteiger partial charge is 0.274 e. The van der Waals surface area contributed by atoms with Crippen molar-refractivity contribution in [3.05, 3.63) is 89.0 Å². The summed E-state index contributed by atoms with van der Waals surface area (Å²) in [4.78, 5) is 48.2. The summed E-state index contributed by atoms with van der Waals surface area (Å²) in [6.45, 7) is 4.85. The number of aryl methyl sites for hydroxylation is 1. The molecule has 2 aliphatic rings. The fourth-order valence-electron chi connectivity index (χ4n) is 5.02. The maximum atomic E-state index is 13.8. The highest BCUT2D eigenvalue weighted by Crippen LogP contribution is 2.39. The number of carbonyl (C=O) groups is 3. The molecule has 3 aromatic rings. The van der Waals surface area contributed by atoms with Crippen molar-refractivity contribution in [2.45, 2.75) is 57.9 Å². The van der Waals surface area contributed by atoms with Crippen molar-refractivity contribution in [3.8, 4) is 0 Å². The second-order valence-electron chi connectivity index (χ2n) is 10.1. The van der Waals surface area contributed by atoms with E-state index in [4.69, 9.17) is 0 Å². The molecule has 186 valence electrons. The fraction of sp³-hybridized carbons (Fsp3) is 0.357. The summed E-state index contributed by atoms with van der Waals surface area (Å²) in [5, 5.41) is 3.03. The monoisotopic (exact) mass is 485 g/mol. The van der Waals surface area contributed by atoms with Crippen LogP contribution in [0.2, 0.25) is 0 Å². The highest BCUT2D eigenvalue weighted by molar-refractivity contribution is 6.07. The average Bonchev–Trinajstić information content (AvgIpc) is 3.60. The molecule has 1 atom stereocenters. The largest absolute Gasteiger partial charge is 0.350 e. The third-order valence-electron chi connectivity index (χ3n) is 7.02. The Kier molecular flexibility index (Phi) is 6.12. The molecule has 0 saturated heterocycles. The summed E-state index contributed by atoms with van der Waals surface area (Å²) in [5.74, 6) is -0.840. The molecule has 1 aromatic heterocycles. The molecule has 0 unspecified atom stereocenters. The van der Waals surface area contributed by atoms with Crippen molar-refractivity contribution in [2.24, 2.45) is 0 Å². The zero-order valence-electron chi connectivity index (χ0n) is 20.9. The zero-order chi connectivity index (χ0) is 25.4. The minimum atomic E-state index is -1.08. The molecular formula is C28H31N5O3. The number of hydrogen-bond donors (Lipinski definition) is 1. The van der Waals surface area contributed by atoms with Crippen LogP contribution in [0.3, 0.4) is 0 Å². The minimum Gasteiger partial charge on any atom is -0.350 e. The van der Waals surface area contributed by atoms with E-state index in [9.17, 15) is 14.4 Å². The van der Waals surface area contributed by atoms with Gasteiger partial charge in [0.1, 0.15) is 11.2 Å². The molecule has 8 heteroatoms. The summed E-state index contributed by atoms with van der Waals surface area (Å²) >= 11 is 0. The van der Waals surface area contributed by atoms with E-state index in [0.717, 1.165) is 29.5 Å². The number of fused-ring (bicyclic) bond motifs is 1. The number of amides is 3. The number of benzene rings is 2. The van der Waals surface area contributed by atoms with Crippen molar-refractivity contribution in [1.82, 2.24) is 24.7 Å². The second-order valence-corrected chi connectivity index (χ2v) is 10.1. The third kappa shape index (κ3) is 4.39. The van der Waals surface area contributed by atoms with Gasteiger partial charge in [0.25, 0.3) is 11.8 Å². The van der Waals surface area contributed by atoms with E-state index >= 15 is 0 Å². The molecule has 0 bridgehead atoms. The van der Waals surface area contributed by atoms with Crippen molar-refractivity contribution >= 4 is 17.7 Å². The molecule has 36 heavy (non-hydrogen) atoms. The van der Waals surface area contributed by atoms with Gasteiger partial charge in [0.2, 0.25) is 5.91 Å². The van der Waals surface area contributed by atoms with Crippen LogP contribution in [-0.4, -0.2) is 55.7 Å². The van der Waals surface area contributed by atoms with E-state index in [1.165, 1.54) is 6.33 Å². The zero-order valence-corrected chi connectivity index (χ0v) is 20.9. The topological polar surface area (TPSA) is 87.5 Å². The van der Waals surface area contributed by atoms with Crippen LogP contribution in [0, 0.1) is 6.92 Å². The molecule has 8 nitrogen and oxygen atoms in total. The van der Waals surface area contributed by atoms with Gasteiger partial charge in [-0.3, -0.25) is 14.4 Å². The summed E-state index contributed by atoms with van der Waals surface area (Å²) in [6.07, 6.45) is 3.20. The van der Waals surface area contributed by atoms with E-state index in [1.54, 1.807) is 28.3 Å². The third-order valence-corrected chi connectivity index (χ3v) is 7.02. The van der Waals surface area contributed by atoms with Crippen LogP contribution in [0.4, 0.5) is 0 Å². The summed E-state index contributed by atoms with van der Waals surface area (Å²) in [6, 6.07) is 17.6. The summed E-state index contributed by atoms with van der Waals surface area (Å²) < 4.78 is 1.66. The summed E-state index contributed by atoms with van der Waals surface area (Å²) in [7, 11) is 1.70. The Bertz CT molecular complexity index is 1310. The highest BCUT2D eigenvalue weighted by Gasteiger charge is 2.53. The van der Waals surface area contributed by atoms with Gasteiger partial charge in [-0.15, -0.1) is 0 Å². The van der Waals surface area contributed by atoms with Crippen LogP contribution in [0.25, 0.3) is 0 Å². The van der Waals surface area contributed by atoms with Gasteiger partial charge in [-0.1, -0.05) is 60.2 Å². The van der Waals surface area contributed by atoms with Crippen LogP contribution in [0.1, 0.15) is 57.4 Å². The number of nitrogens with one attached hydrogen (secondary N) is 1. The molecule has 2 aromatic carbocycles. The van der Waals surface area contributed by atoms with Gasteiger partial charge in [-0.05, 0) is 37.8 Å². The quantitative estimate of drug-likeness (QED) is 0.557. The number of rotatable bonds is 7. The van der Waals surface area contributed by atoms with Crippen LogP contribution in [0.5, 0.6) is 0 Å². The van der Waals surface area contributed by atoms with Crippen molar-refractivity contribution in [1.29, 1.82) is 0 Å². The lowest BCUT2D eigenvalue weighted by atomic mass is 9.93. The van der Waals surface area contributed by atoms with Gasteiger partial charge in [-0.25, -0.2) is 4.98 Å². The van der Waals surface area contributed by atoms with Crippen molar-refractivity contribution in [2.75, 3.05) is 7.05 Å². The van der Waals surface area contributed by atoms with Crippen molar-refractivity contribution in [3.63, 3.8) is 0 Å². The normalized spacial score (nSPS) is 19.1. The minimum absolute atomic E-state index is 0.0131. The maximum absolute atomic E-state index is 13.8. The number of carbonyl (C=O) groups excluding carboxylic acids is 3. The number of aromatic nitrogens is 2. The number of nitrogens with zero attached hydrogens (tertiary/aromatic N) is 4. The first-order chi connectivity index (χ1) is 17.3. The molecular weight excluding hydrogens is 454 g/mol.